The molecule has 0 spiro atoms. The Morgan fingerprint density at radius 3 is 2.86 bits per heavy atom. The van der Waals surface area contributed by atoms with Crippen molar-refractivity contribution in [2.75, 3.05) is 0 Å². The molecule has 1 aromatic carbocycles. The molecule has 1 aromatic rings. The van der Waals surface area contributed by atoms with Crippen molar-refractivity contribution in [2.45, 2.75) is 57.7 Å². The predicted octanol–water partition coefficient (Wildman–Crippen LogP) is 2.92. The minimum absolute atomic E-state index is 0.268. The first-order valence-corrected chi connectivity index (χ1v) is 7.83. The van der Waals surface area contributed by atoms with E-state index in [2.05, 4.69) is 4.90 Å². The average Bonchev–Trinajstić information content (AvgIpc) is 2.82. The van der Waals surface area contributed by atoms with Gasteiger partial charge in [0.1, 0.15) is 11.8 Å². The van der Waals surface area contributed by atoms with Crippen molar-refractivity contribution < 1.29 is 15.0 Å². The molecule has 4 heteroatoms. The van der Waals surface area contributed by atoms with Crippen LogP contribution in [0.5, 0.6) is 5.75 Å². The number of hydrogen-bond acceptors (Lipinski definition) is 3. The van der Waals surface area contributed by atoms with E-state index in [-0.39, 0.29) is 5.75 Å². The van der Waals surface area contributed by atoms with E-state index in [4.69, 9.17) is 0 Å². The normalized spacial score (nSPS) is 29.3. The van der Waals surface area contributed by atoms with Gasteiger partial charge in [0.15, 0.2) is 0 Å². The van der Waals surface area contributed by atoms with Crippen molar-refractivity contribution in [3.05, 3.63) is 29.3 Å². The van der Waals surface area contributed by atoms with Crippen LogP contribution in [0.2, 0.25) is 0 Å². The van der Waals surface area contributed by atoms with Crippen molar-refractivity contribution in [1.29, 1.82) is 0 Å². The van der Waals surface area contributed by atoms with Crippen LogP contribution in [0.25, 0.3) is 0 Å². The topological polar surface area (TPSA) is 60.8 Å². The molecule has 1 aliphatic carbocycles. The molecule has 3 atom stereocenters. The number of phenols is 1. The molecule has 2 aliphatic rings. The van der Waals surface area contributed by atoms with Crippen LogP contribution in [0.15, 0.2) is 18.2 Å². The summed E-state index contributed by atoms with van der Waals surface area (Å²) in [5.74, 6) is 0.0485. The number of fused-ring (bicyclic) bond motifs is 1. The first-order chi connectivity index (χ1) is 10.1. The molecule has 1 saturated carbocycles. The number of hydrogen-bond donors (Lipinski definition) is 2. The van der Waals surface area contributed by atoms with Crippen molar-refractivity contribution in [3.63, 3.8) is 0 Å². The lowest BCUT2D eigenvalue weighted by Gasteiger charge is -2.33. The molecule has 21 heavy (non-hydrogen) atoms. The fraction of sp³-hybridized carbons (Fsp3) is 0.588. The first kappa shape index (κ1) is 14.4. The summed E-state index contributed by atoms with van der Waals surface area (Å²) in [4.78, 5) is 13.7. The van der Waals surface area contributed by atoms with Crippen LogP contribution in [-0.2, 0) is 11.3 Å². The van der Waals surface area contributed by atoms with Gasteiger partial charge in [-0.25, -0.2) is 0 Å². The summed E-state index contributed by atoms with van der Waals surface area (Å²) in [6.07, 6.45) is 5.39. The number of aryl methyl sites for hydroxylation is 1. The van der Waals surface area contributed by atoms with Gasteiger partial charge >= 0.3 is 5.97 Å². The number of carboxylic acids is 1. The maximum absolute atomic E-state index is 11.6. The molecular weight excluding hydrogens is 266 g/mol. The Hall–Kier alpha value is -1.55. The lowest BCUT2D eigenvalue weighted by Crippen LogP contribution is -2.41. The van der Waals surface area contributed by atoms with Gasteiger partial charge in [0.2, 0.25) is 0 Å². The minimum atomic E-state index is -0.725. The number of phenolic OH excluding ortho intramolecular Hbond substituents is 1. The summed E-state index contributed by atoms with van der Waals surface area (Å²) in [7, 11) is 0. The molecule has 0 amide bonds. The number of aliphatic carboxylic acids is 1. The quantitative estimate of drug-likeness (QED) is 0.898. The third kappa shape index (κ3) is 2.77. The number of carbonyl (C=O) groups is 1. The standard InChI is InChI=1S/C17H23NO3/c1-11-6-7-16(19)13(8-11)10-18-14-5-3-2-4-12(14)9-15(18)17(20)21/h6-8,12,14-15,19H,2-5,9-10H2,1H3,(H,20,21). The molecular formula is C17H23NO3. The molecule has 2 fully saturated rings. The highest BCUT2D eigenvalue weighted by Crippen LogP contribution is 2.41. The third-order valence-electron chi connectivity index (χ3n) is 5.09. The Morgan fingerprint density at radius 1 is 1.33 bits per heavy atom. The lowest BCUT2D eigenvalue weighted by atomic mass is 9.84. The zero-order valence-electron chi connectivity index (χ0n) is 12.5. The summed E-state index contributed by atoms with van der Waals surface area (Å²) >= 11 is 0. The van der Waals surface area contributed by atoms with Gasteiger partial charge in [0.05, 0.1) is 0 Å². The Balaban J connectivity index is 1.86. The van der Waals surface area contributed by atoms with Crippen molar-refractivity contribution in [1.82, 2.24) is 4.90 Å². The smallest absolute Gasteiger partial charge is 0.320 e. The Morgan fingerprint density at radius 2 is 2.10 bits per heavy atom. The maximum Gasteiger partial charge on any atom is 0.320 e. The average molecular weight is 289 g/mol. The van der Waals surface area contributed by atoms with E-state index in [1.165, 1.54) is 12.8 Å². The summed E-state index contributed by atoms with van der Waals surface area (Å²) in [5, 5.41) is 19.6. The van der Waals surface area contributed by atoms with E-state index in [1.54, 1.807) is 6.07 Å². The van der Waals surface area contributed by atoms with E-state index in [0.29, 0.717) is 18.5 Å². The van der Waals surface area contributed by atoms with E-state index in [1.807, 2.05) is 19.1 Å². The minimum Gasteiger partial charge on any atom is -0.508 e. The molecule has 0 radical (unpaired) electrons. The van der Waals surface area contributed by atoms with E-state index in [0.717, 1.165) is 30.4 Å². The second-order valence-corrected chi connectivity index (χ2v) is 6.51. The first-order valence-electron chi connectivity index (χ1n) is 7.83. The number of nitrogens with zero attached hydrogens (tertiary/aromatic N) is 1. The zero-order chi connectivity index (χ0) is 15.0. The number of aromatic hydroxyl groups is 1. The summed E-state index contributed by atoms with van der Waals surface area (Å²) < 4.78 is 0. The molecule has 0 aromatic heterocycles. The van der Waals surface area contributed by atoms with Gasteiger partial charge in [0, 0.05) is 18.2 Å². The Kier molecular flexibility index (Phi) is 3.89. The van der Waals surface area contributed by atoms with Crippen LogP contribution in [0.3, 0.4) is 0 Å². The van der Waals surface area contributed by atoms with Crippen molar-refractivity contribution in [2.24, 2.45) is 5.92 Å². The van der Waals surface area contributed by atoms with Crippen LogP contribution in [0, 0.1) is 12.8 Å². The second-order valence-electron chi connectivity index (χ2n) is 6.51. The molecule has 1 aliphatic heterocycles. The van der Waals surface area contributed by atoms with Gasteiger partial charge in [0.25, 0.3) is 0 Å². The fourth-order valence-electron chi connectivity index (χ4n) is 4.06. The number of likely N-dealkylation sites (tertiary alicyclic amines) is 1. The fourth-order valence-corrected chi connectivity index (χ4v) is 4.06. The van der Waals surface area contributed by atoms with Crippen molar-refractivity contribution in [3.8, 4) is 5.75 Å². The molecule has 1 heterocycles. The van der Waals surface area contributed by atoms with Crippen LogP contribution < -0.4 is 0 Å². The largest absolute Gasteiger partial charge is 0.508 e. The van der Waals surface area contributed by atoms with Gasteiger partial charge in [-0.2, -0.15) is 0 Å². The number of rotatable bonds is 3. The summed E-state index contributed by atoms with van der Waals surface area (Å²) in [6.45, 7) is 2.52. The third-order valence-corrected chi connectivity index (χ3v) is 5.09. The highest BCUT2D eigenvalue weighted by atomic mass is 16.4. The molecule has 3 unspecified atom stereocenters. The number of carboxylic acid groups (broad SMARTS) is 1. The lowest BCUT2D eigenvalue weighted by molar-refractivity contribution is -0.142. The van der Waals surface area contributed by atoms with Gasteiger partial charge in [-0.15, -0.1) is 0 Å². The molecule has 3 rings (SSSR count). The van der Waals surface area contributed by atoms with Gasteiger partial charge < -0.3 is 10.2 Å². The molecule has 4 nitrogen and oxygen atoms in total. The van der Waals surface area contributed by atoms with Gasteiger partial charge in [-0.3, -0.25) is 9.69 Å². The number of benzene rings is 1. The van der Waals surface area contributed by atoms with Crippen LogP contribution >= 0.6 is 0 Å². The highest BCUT2D eigenvalue weighted by Gasteiger charge is 2.45. The zero-order valence-corrected chi connectivity index (χ0v) is 12.5. The van der Waals surface area contributed by atoms with Gasteiger partial charge in [-0.1, -0.05) is 30.5 Å². The van der Waals surface area contributed by atoms with E-state index in [9.17, 15) is 15.0 Å². The highest BCUT2D eigenvalue weighted by molar-refractivity contribution is 5.74. The van der Waals surface area contributed by atoms with Crippen LogP contribution in [0.1, 0.15) is 43.2 Å². The van der Waals surface area contributed by atoms with Crippen LogP contribution in [-0.4, -0.2) is 33.2 Å². The predicted molar refractivity (Wildman–Crippen MR) is 80.2 cm³/mol. The molecule has 0 bridgehead atoms. The summed E-state index contributed by atoms with van der Waals surface area (Å²) in [6, 6.07) is 5.50. The molecule has 2 N–H and O–H groups in total. The molecule has 1 saturated heterocycles. The SMILES string of the molecule is Cc1ccc(O)c(CN2C(C(=O)O)CC3CCCCC32)c1. The molecule has 114 valence electrons. The second kappa shape index (κ2) is 5.68. The Bertz CT molecular complexity index is 543. The Labute approximate surface area is 125 Å². The maximum atomic E-state index is 11.6. The van der Waals surface area contributed by atoms with Crippen molar-refractivity contribution >= 4 is 5.97 Å². The monoisotopic (exact) mass is 289 g/mol. The van der Waals surface area contributed by atoms with Gasteiger partial charge in [-0.05, 0) is 38.2 Å². The summed E-state index contributed by atoms with van der Waals surface area (Å²) in [5.41, 5.74) is 1.93. The van der Waals surface area contributed by atoms with E-state index < -0.39 is 12.0 Å². The van der Waals surface area contributed by atoms with E-state index >= 15 is 0 Å². The van der Waals surface area contributed by atoms with Crippen LogP contribution in [0.4, 0.5) is 0 Å².